The summed E-state index contributed by atoms with van der Waals surface area (Å²) in [5.74, 6) is -0.975. The summed E-state index contributed by atoms with van der Waals surface area (Å²) in [6.07, 6.45) is 0. The van der Waals surface area contributed by atoms with Crippen molar-refractivity contribution in [1.29, 1.82) is 0 Å². The highest BCUT2D eigenvalue weighted by atomic mass is 35.5. The normalized spacial score (nSPS) is 11.5. The second-order valence-corrected chi connectivity index (χ2v) is 7.42. The van der Waals surface area contributed by atoms with Crippen LogP contribution in [0.25, 0.3) is 0 Å². The third kappa shape index (κ3) is 3.37. The van der Waals surface area contributed by atoms with Crippen LogP contribution in [0.3, 0.4) is 0 Å². The van der Waals surface area contributed by atoms with Crippen LogP contribution in [-0.4, -0.2) is 17.6 Å². The first kappa shape index (κ1) is 17.1. The first-order valence-corrected chi connectivity index (χ1v) is 9.18. The summed E-state index contributed by atoms with van der Waals surface area (Å²) in [6, 6.07) is 10.9. The van der Waals surface area contributed by atoms with Gasteiger partial charge in [-0.15, -0.1) is 22.7 Å². The standard InChI is InChI=1S/C17H13ClFNO2S2/c18-13-9-11(19)5-6-12(13)16(21)20-10-17(22,14-3-1-7-23-14)15-4-2-8-24-15/h1-9,22H,10H2,(H,20,21). The molecular formula is C17H13ClFNO2S2. The van der Waals surface area contributed by atoms with Crippen molar-refractivity contribution >= 4 is 40.2 Å². The second-order valence-electron chi connectivity index (χ2n) is 5.12. The lowest BCUT2D eigenvalue weighted by molar-refractivity contribution is 0.0739. The van der Waals surface area contributed by atoms with E-state index in [2.05, 4.69) is 5.32 Å². The van der Waals surface area contributed by atoms with Crippen LogP contribution in [0.2, 0.25) is 5.02 Å². The molecule has 0 aliphatic carbocycles. The predicted molar refractivity (Wildman–Crippen MR) is 95.4 cm³/mol. The molecule has 3 nitrogen and oxygen atoms in total. The highest BCUT2D eigenvalue weighted by molar-refractivity contribution is 7.11. The Hall–Kier alpha value is -1.73. The minimum atomic E-state index is -1.31. The summed E-state index contributed by atoms with van der Waals surface area (Å²) < 4.78 is 13.1. The van der Waals surface area contributed by atoms with E-state index in [0.29, 0.717) is 0 Å². The van der Waals surface area contributed by atoms with Crippen molar-refractivity contribution in [2.45, 2.75) is 5.60 Å². The largest absolute Gasteiger partial charge is 0.377 e. The number of carbonyl (C=O) groups is 1. The quantitative estimate of drug-likeness (QED) is 0.693. The Bertz CT molecular complexity index is 800. The second kappa shape index (κ2) is 7.03. The zero-order valence-corrected chi connectivity index (χ0v) is 14.7. The zero-order valence-electron chi connectivity index (χ0n) is 12.3. The van der Waals surface area contributed by atoms with E-state index in [1.54, 1.807) is 0 Å². The van der Waals surface area contributed by atoms with Crippen molar-refractivity contribution in [3.63, 3.8) is 0 Å². The lowest BCUT2D eigenvalue weighted by atomic mass is 9.99. The number of halogens is 2. The minimum absolute atomic E-state index is 0.0133. The monoisotopic (exact) mass is 381 g/mol. The van der Waals surface area contributed by atoms with E-state index in [9.17, 15) is 14.3 Å². The molecule has 0 saturated carbocycles. The van der Waals surface area contributed by atoms with Crippen molar-refractivity contribution in [2.24, 2.45) is 0 Å². The van der Waals surface area contributed by atoms with Gasteiger partial charge in [-0.3, -0.25) is 4.79 Å². The molecule has 0 unspecified atom stereocenters. The number of aliphatic hydroxyl groups is 1. The van der Waals surface area contributed by atoms with Gasteiger partial charge in [0, 0.05) is 9.75 Å². The maximum atomic E-state index is 13.1. The molecule has 0 fully saturated rings. The topological polar surface area (TPSA) is 49.3 Å². The van der Waals surface area contributed by atoms with E-state index in [1.807, 2.05) is 35.0 Å². The van der Waals surface area contributed by atoms with Gasteiger partial charge in [-0.05, 0) is 41.1 Å². The van der Waals surface area contributed by atoms with Gasteiger partial charge in [0.25, 0.3) is 5.91 Å². The molecule has 0 spiro atoms. The summed E-state index contributed by atoms with van der Waals surface area (Å²) >= 11 is 8.74. The lowest BCUT2D eigenvalue weighted by Crippen LogP contribution is -2.40. The molecule has 0 saturated heterocycles. The molecule has 1 aromatic carbocycles. The number of hydrogen-bond acceptors (Lipinski definition) is 4. The van der Waals surface area contributed by atoms with Gasteiger partial charge in [-0.1, -0.05) is 23.7 Å². The van der Waals surface area contributed by atoms with Gasteiger partial charge in [0.2, 0.25) is 0 Å². The molecule has 3 aromatic rings. The zero-order chi connectivity index (χ0) is 17.2. The van der Waals surface area contributed by atoms with E-state index in [0.717, 1.165) is 15.8 Å². The molecule has 0 bridgehead atoms. The van der Waals surface area contributed by atoms with Gasteiger partial charge in [0.1, 0.15) is 11.4 Å². The molecule has 0 radical (unpaired) electrons. The Morgan fingerprint density at radius 2 is 1.79 bits per heavy atom. The highest BCUT2D eigenvalue weighted by Gasteiger charge is 2.34. The number of rotatable bonds is 5. The summed E-state index contributed by atoms with van der Waals surface area (Å²) in [5, 5.41) is 17.6. The predicted octanol–water partition coefficient (Wildman–Crippen LogP) is 4.27. The summed E-state index contributed by atoms with van der Waals surface area (Å²) in [5.41, 5.74) is -1.15. The molecule has 24 heavy (non-hydrogen) atoms. The SMILES string of the molecule is O=C(NCC(O)(c1cccs1)c1cccs1)c1ccc(F)cc1Cl. The Kier molecular flexibility index (Phi) is 5.01. The molecule has 0 atom stereocenters. The first-order valence-electron chi connectivity index (χ1n) is 7.04. The summed E-state index contributed by atoms with van der Waals surface area (Å²) in [6.45, 7) is -0.0133. The fourth-order valence-corrected chi connectivity index (χ4v) is 4.29. The number of carbonyl (C=O) groups excluding carboxylic acids is 1. The third-order valence-corrected chi connectivity index (χ3v) is 5.89. The average molecular weight is 382 g/mol. The Morgan fingerprint density at radius 1 is 1.17 bits per heavy atom. The molecule has 0 aliphatic heterocycles. The smallest absolute Gasteiger partial charge is 0.252 e. The molecule has 2 aromatic heterocycles. The third-order valence-electron chi connectivity index (χ3n) is 3.54. The number of thiophene rings is 2. The van der Waals surface area contributed by atoms with E-state index in [1.165, 1.54) is 34.8 Å². The van der Waals surface area contributed by atoms with Crippen molar-refractivity contribution in [1.82, 2.24) is 5.32 Å². The van der Waals surface area contributed by atoms with Crippen LogP contribution in [0.15, 0.2) is 53.2 Å². The van der Waals surface area contributed by atoms with Crippen molar-refractivity contribution in [3.8, 4) is 0 Å². The average Bonchev–Trinajstić information content (AvgIpc) is 3.25. The molecule has 1 amide bonds. The Balaban J connectivity index is 1.83. The fourth-order valence-electron chi connectivity index (χ4n) is 2.30. The van der Waals surface area contributed by atoms with Gasteiger partial charge in [-0.25, -0.2) is 4.39 Å². The maximum Gasteiger partial charge on any atom is 0.252 e. The number of nitrogens with one attached hydrogen (secondary N) is 1. The van der Waals surface area contributed by atoms with Crippen molar-refractivity contribution < 1.29 is 14.3 Å². The maximum absolute atomic E-state index is 13.1. The van der Waals surface area contributed by atoms with Crippen LogP contribution in [0, 0.1) is 5.82 Å². The molecular weight excluding hydrogens is 369 g/mol. The summed E-state index contributed by atoms with van der Waals surface area (Å²) in [7, 11) is 0. The molecule has 2 N–H and O–H groups in total. The van der Waals surface area contributed by atoms with Crippen molar-refractivity contribution in [3.05, 3.63) is 79.4 Å². The highest BCUT2D eigenvalue weighted by Crippen LogP contribution is 2.35. The number of hydrogen-bond donors (Lipinski definition) is 2. The van der Waals surface area contributed by atoms with Crippen LogP contribution < -0.4 is 5.32 Å². The van der Waals surface area contributed by atoms with E-state index >= 15 is 0 Å². The number of amides is 1. The molecule has 2 heterocycles. The molecule has 0 aliphatic rings. The Labute approximate surface area is 151 Å². The van der Waals surface area contributed by atoms with E-state index in [4.69, 9.17) is 11.6 Å². The van der Waals surface area contributed by atoms with E-state index < -0.39 is 17.3 Å². The lowest BCUT2D eigenvalue weighted by Gasteiger charge is -2.26. The van der Waals surface area contributed by atoms with Gasteiger partial charge in [0.05, 0.1) is 17.1 Å². The molecule has 124 valence electrons. The van der Waals surface area contributed by atoms with Gasteiger partial charge in [-0.2, -0.15) is 0 Å². The van der Waals surface area contributed by atoms with Gasteiger partial charge in [0.15, 0.2) is 0 Å². The molecule has 3 rings (SSSR count). The van der Waals surface area contributed by atoms with Crippen LogP contribution in [-0.2, 0) is 5.60 Å². The van der Waals surface area contributed by atoms with E-state index in [-0.39, 0.29) is 17.1 Å². The van der Waals surface area contributed by atoms with Gasteiger partial charge < -0.3 is 10.4 Å². The summed E-state index contributed by atoms with van der Waals surface area (Å²) in [4.78, 5) is 13.8. The van der Waals surface area contributed by atoms with Crippen LogP contribution >= 0.6 is 34.3 Å². The van der Waals surface area contributed by atoms with Crippen LogP contribution in [0.4, 0.5) is 4.39 Å². The minimum Gasteiger partial charge on any atom is -0.377 e. The molecule has 7 heteroatoms. The van der Waals surface area contributed by atoms with Crippen molar-refractivity contribution in [2.75, 3.05) is 6.54 Å². The number of benzene rings is 1. The van der Waals surface area contributed by atoms with Crippen LogP contribution in [0.5, 0.6) is 0 Å². The Morgan fingerprint density at radius 3 is 2.29 bits per heavy atom. The van der Waals surface area contributed by atoms with Gasteiger partial charge >= 0.3 is 0 Å². The van der Waals surface area contributed by atoms with Crippen LogP contribution in [0.1, 0.15) is 20.1 Å². The first-order chi connectivity index (χ1) is 11.5. The fraction of sp³-hybridized carbons (Fsp3) is 0.118.